The summed E-state index contributed by atoms with van der Waals surface area (Å²) in [6.07, 6.45) is 11.0. The van der Waals surface area contributed by atoms with Gasteiger partial charge in [-0.3, -0.25) is 9.48 Å². The van der Waals surface area contributed by atoms with E-state index in [0.29, 0.717) is 5.92 Å². The van der Waals surface area contributed by atoms with E-state index >= 15 is 0 Å². The topological polar surface area (TPSA) is 76.4 Å². The molecule has 0 saturated carbocycles. The fourth-order valence-electron chi connectivity index (χ4n) is 5.40. The van der Waals surface area contributed by atoms with E-state index in [1.807, 2.05) is 17.2 Å². The minimum atomic E-state index is -0.0531. The van der Waals surface area contributed by atoms with Crippen LogP contribution in [0.1, 0.15) is 61.6 Å². The highest BCUT2D eigenvalue weighted by Crippen LogP contribution is 2.34. The molecule has 2 saturated heterocycles. The minimum Gasteiger partial charge on any atom is -0.381 e. The molecule has 8 nitrogen and oxygen atoms in total. The van der Waals surface area contributed by atoms with Crippen LogP contribution in [0.5, 0.6) is 0 Å². The Morgan fingerprint density at radius 2 is 2.00 bits per heavy atom. The molecule has 2 aromatic rings. The van der Waals surface area contributed by atoms with E-state index in [4.69, 9.17) is 14.7 Å². The van der Waals surface area contributed by atoms with Gasteiger partial charge < -0.3 is 14.5 Å². The molecule has 2 aromatic heterocycles. The summed E-state index contributed by atoms with van der Waals surface area (Å²) >= 11 is 0. The van der Waals surface area contributed by atoms with Crippen LogP contribution >= 0.6 is 0 Å². The Morgan fingerprint density at radius 3 is 2.81 bits per heavy atom. The molecule has 5 rings (SSSR count). The third kappa shape index (κ3) is 4.51. The quantitative estimate of drug-likeness (QED) is 0.715. The molecule has 3 aliphatic rings. The lowest BCUT2D eigenvalue weighted by Gasteiger charge is -2.38. The number of likely N-dealkylation sites (tertiary alicyclic amines) is 1. The van der Waals surface area contributed by atoms with Crippen LogP contribution in [0.15, 0.2) is 18.5 Å². The van der Waals surface area contributed by atoms with Gasteiger partial charge in [-0.15, -0.1) is 0 Å². The van der Waals surface area contributed by atoms with Crippen LogP contribution in [0.3, 0.4) is 0 Å². The summed E-state index contributed by atoms with van der Waals surface area (Å²) in [7, 11) is 0. The SMILES string of the molecule is Cc1nc([C@H]2CCCCN2C(=O)Cn2cccn2)nc2c1CCCN2CC1CCOCC1. The van der Waals surface area contributed by atoms with E-state index in [1.54, 1.807) is 10.9 Å². The van der Waals surface area contributed by atoms with Gasteiger partial charge in [0.05, 0.1) is 6.04 Å². The molecule has 5 heterocycles. The number of hydrogen-bond acceptors (Lipinski definition) is 6. The lowest BCUT2D eigenvalue weighted by molar-refractivity contribution is -0.136. The second kappa shape index (κ2) is 9.57. The molecule has 0 unspecified atom stereocenters. The van der Waals surface area contributed by atoms with Crippen molar-refractivity contribution in [2.75, 3.05) is 37.7 Å². The summed E-state index contributed by atoms with van der Waals surface area (Å²) < 4.78 is 7.26. The van der Waals surface area contributed by atoms with Crippen LogP contribution in [0.4, 0.5) is 5.82 Å². The van der Waals surface area contributed by atoms with Crippen molar-refractivity contribution in [3.05, 3.63) is 35.5 Å². The number of carbonyl (C=O) groups excluding carboxylic acids is 1. The molecule has 3 aliphatic heterocycles. The second-order valence-electron chi connectivity index (χ2n) is 9.38. The van der Waals surface area contributed by atoms with Crippen LogP contribution in [-0.4, -0.2) is 63.4 Å². The molecule has 0 bridgehead atoms. The van der Waals surface area contributed by atoms with Crippen LogP contribution in [-0.2, 0) is 22.5 Å². The first-order valence-electron chi connectivity index (χ1n) is 12.2. The predicted molar refractivity (Wildman–Crippen MR) is 121 cm³/mol. The Kier molecular flexibility index (Phi) is 6.39. The van der Waals surface area contributed by atoms with Gasteiger partial charge in [-0.2, -0.15) is 5.10 Å². The smallest absolute Gasteiger partial charge is 0.244 e. The van der Waals surface area contributed by atoms with Crippen molar-refractivity contribution in [1.29, 1.82) is 0 Å². The van der Waals surface area contributed by atoms with E-state index in [-0.39, 0.29) is 18.5 Å². The first-order valence-corrected chi connectivity index (χ1v) is 12.2. The van der Waals surface area contributed by atoms with Gasteiger partial charge in [0.15, 0.2) is 5.82 Å². The van der Waals surface area contributed by atoms with Gasteiger partial charge in [-0.25, -0.2) is 9.97 Å². The van der Waals surface area contributed by atoms with Crippen molar-refractivity contribution in [2.24, 2.45) is 5.92 Å². The van der Waals surface area contributed by atoms with E-state index in [0.717, 1.165) is 95.1 Å². The number of carbonyl (C=O) groups is 1. The number of nitrogens with zero attached hydrogens (tertiary/aromatic N) is 6. The molecule has 8 heteroatoms. The number of piperidine rings is 1. The van der Waals surface area contributed by atoms with Gasteiger partial charge in [0.25, 0.3) is 0 Å². The first-order chi connectivity index (χ1) is 15.7. The highest BCUT2D eigenvalue weighted by atomic mass is 16.5. The average Bonchev–Trinajstić information content (AvgIpc) is 3.33. The molecule has 0 aliphatic carbocycles. The lowest BCUT2D eigenvalue weighted by atomic mass is 9.96. The van der Waals surface area contributed by atoms with Crippen molar-refractivity contribution in [3.8, 4) is 0 Å². The van der Waals surface area contributed by atoms with Gasteiger partial charge in [0.2, 0.25) is 5.91 Å². The molecule has 1 atom stereocenters. The Balaban J connectivity index is 1.40. The number of rotatable bonds is 5. The van der Waals surface area contributed by atoms with Gasteiger partial charge in [0.1, 0.15) is 12.4 Å². The van der Waals surface area contributed by atoms with Crippen LogP contribution in [0, 0.1) is 12.8 Å². The number of ether oxygens (including phenoxy) is 1. The van der Waals surface area contributed by atoms with Crippen molar-refractivity contribution in [2.45, 2.75) is 64.5 Å². The molecule has 0 N–H and O–H groups in total. The third-order valence-electron chi connectivity index (χ3n) is 7.16. The summed E-state index contributed by atoms with van der Waals surface area (Å²) in [6, 6.07) is 1.80. The second-order valence-corrected chi connectivity index (χ2v) is 9.38. The van der Waals surface area contributed by atoms with Crippen LogP contribution in [0.25, 0.3) is 0 Å². The molecular formula is C24H34N6O2. The Labute approximate surface area is 190 Å². The van der Waals surface area contributed by atoms with E-state index in [1.165, 1.54) is 5.56 Å². The monoisotopic (exact) mass is 438 g/mol. The van der Waals surface area contributed by atoms with E-state index in [9.17, 15) is 4.79 Å². The number of hydrogen-bond donors (Lipinski definition) is 0. The normalized spacial score (nSPS) is 22.1. The average molecular weight is 439 g/mol. The number of fused-ring (bicyclic) bond motifs is 1. The summed E-state index contributed by atoms with van der Waals surface area (Å²) in [5.74, 6) is 2.68. The largest absolute Gasteiger partial charge is 0.381 e. The first kappa shape index (κ1) is 21.4. The van der Waals surface area contributed by atoms with Crippen LogP contribution < -0.4 is 4.90 Å². The van der Waals surface area contributed by atoms with Crippen molar-refractivity contribution >= 4 is 11.7 Å². The van der Waals surface area contributed by atoms with Gasteiger partial charge in [0, 0.05) is 56.5 Å². The highest BCUT2D eigenvalue weighted by Gasteiger charge is 2.33. The summed E-state index contributed by atoms with van der Waals surface area (Å²) in [6.45, 7) is 6.97. The van der Waals surface area contributed by atoms with Crippen LogP contribution in [0.2, 0.25) is 0 Å². The zero-order valence-electron chi connectivity index (χ0n) is 19.1. The van der Waals surface area contributed by atoms with Crippen molar-refractivity contribution in [1.82, 2.24) is 24.6 Å². The highest BCUT2D eigenvalue weighted by molar-refractivity contribution is 5.76. The van der Waals surface area contributed by atoms with Gasteiger partial charge in [-0.1, -0.05) is 0 Å². The Bertz CT molecular complexity index is 925. The zero-order chi connectivity index (χ0) is 21.9. The maximum atomic E-state index is 13.1. The molecule has 172 valence electrons. The molecule has 0 spiro atoms. The van der Waals surface area contributed by atoms with Gasteiger partial charge >= 0.3 is 0 Å². The van der Waals surface area contributed by atoms with E-state index in [2.05, 4.69) is 16.9 Å². The number of aromatic nitrogens is 4. The summed E-state index contributed by atoms with van der Waals surface area (Å²) in [5, 5.41) is 4.21. The number of amides is 1. The molecule has 32 heavy (non-hydrogen) atoms. The van der Waals surface area contributed by atoms with Gasteiger partial charge in [-0.05, 0) is 63.9 Å². The van der Waals surface area contributed by atoms with Crippen molar-refractivity contribution < 1.29 is 9.53 Å². The van der Waals surface area contributed by atoms with E-state index < -0.39 is 0 Å². The molecule has 0 radical (unpaired) electrons. The maximum Gasteiger partial charge on any atom is 0.244 e. The standard InChI is InChI=1S/C24H34N6O2/c1-18-20-6-4-11-28(16-19-8-14-32-15-9-19)24(20)27-23(26-18)21-7-2-3-13-30(21)22(31)17-29-12-5-10-25-29/h5,10,12,19,21H,2-4,6-9,11,13-17H2,1H3/t21-/m1/s1. The fraction of sp³-hybridized carbons (Fsp3) is 0.667. The molecular weight excluding hydrogens is 404 g/mol. The fourth-order valence-corrected chi connectivity index (χ4v) is 5.40. The molecule has 0 aromatic carbocycles. The molecule has 2 fully saturated rings. The third-order valence-corrected chi connectivity index (χ3v) is 7.16. The predicted octanol–water partition coefficient (Wildman–Crippen LogP) is 2.91. The Morgan fingerprint density at radius 1 is 1.12 bits per heavy atom. The zero-order valence-corrected chi connectivity index (χ0v) is 19.1. The Hall–Kier alpha value is -2.48. The lowest BCUT2D eigenvalue weighted by Crippen LogP contribution is -2.42. The van der Waals surface area contributed by atoms with Crippen molar-refractivity contribution in [3.63, 3.8) is 0 Å². The summed E-state index contributed by atoms with van der Waals surface area (Å²) in [4.78, 5) is 27.7. The number of anilines is 1. The maximum absolute atomic E-state index is 13.1. The number of aryl methyl sites for hydroxylation is 1. The molecule has 1 amide bonds. The minimum absolute atomic E-state index is 0.0531. The summed E-state index contributed by atoms with van der Waals surface area (Å²) in [5.41, 5.74) is 2.36.